The second kappa shape index (κ2) is 6.42. The van der Waals surface area contributed by atoms with E-state index >= 15 is 0 Å². The fraction of sp³-hybridized carbons (Fsp3) is 0.133. The topological polar surface area (TPSA) is 96.5 Å². The summed E-state index contributed by atoms with van der Waals surface area (Å²) in [4.78, 5) is 13.9. The van der Waals surface area contributed by atoms with Crippen molar-refractivity contribution in [1.29, 1.82) is 0 Å². The highest BCUT2D eigenvalue weighted by Crippen LogP contribution is 2.31. The van der Waals surface area contributed by atoms with Crippen LogP contribution in [0, 0.1) is 0 Å². The number of carbonyl (C=O) groups is 1. The molecule has 0 saturated carbocycles. The van der Waals surface area contributed by atoms with Gasteiger partial charge in [-0.15, -0.1) is 4.83 Å². The summed E-state index contributed by atoms with van der Waals surface area (Å²) < 4.78 is 31.0. The number of hydrogen-bond acceptors (Lipinski definition) is 5. The third-order valence-electron chi connectivity index (χ3n) is 3.37. The van der Waals surface area contributed by atoms with Gasteiger partial charge in [0, 0.05) is 10.2 Å². The van der Waals surface area contributed by atoms with Crippen molar-refractivity contribution < 1.29 is 17.9 Å². The van der Waals surface area contributed by atoms with Crippen LogP contribution < -0.4 is 20.3 Å². The van der Waals surface area contributed by atoms with Gasteiger partial charge in [0.2, 0.25) is 0 Å². The number of halogens is 1. The zero-order valence-corrected chi connectivity index (χ0v) is 14.9. The first-order valence-electron chi connectivity index (χ1n) is 7.00. The van der Waals surface area contributed by atoms with Crippen LogP contribution in [0.2, 0.25) is 0 Å². The predicted molar refractivity (Wildman–Crippen MR) is 93.2 cm³/mol. The first-order valence-corrected chi connectivity index (χ1v) is 9.28. The van der Waals surface area contributed by atoms with Crippen molar-refractivity contribution in [2.45, 2.75) is 17.9 Å². The molecule has 24 heavy (non-hydrogen) atoms. The number of rotatable bonds is 4. The van der Waals surface area contributed by atoms with Crippen LogP contribution >= 0.6 is 15.9 Å². The van der Waals surface area contributed by atoms with Crippen LogP contribution in [0.4, 0.5) is 11.4 Å². The smallest absolute Gasteiger partial charge is 0.265 e. The van der Waals surface area contributed by atoms with Crippen LogP contribution in [-0.2, 0) is 14.8 Å². The average Bonchev–Trinajstić information content (AvgIpc) is 2.55. The first kappa shape index (κ1) is 16.7. The van der Waals surface area contributed by atoms with Crippen molar-refractivity contribution in [1.82, 2.24) is 4.83 Å². The van der Waals surface area contributed by atoms with Crippen LogP contribution in [0.5, 0.6) is 5.75 Å². The quantitative estimate of drug-likeness (QED) is 0.671. The Morgan fingerprint density at radius 3 is 2.58 bits per heavy atom. The van der Waals surface area contributed by atoms with E-state index in [1.165, 1.54) is 18.2 Å². The minimum absolute atomic E-state index is 0.00400. The van der Waals surface area contributed by atoms with Gasteiger partial charge in [-0.2, -0.15) is 0 Å². The predicted octanol–water partition coefficient (Wildman–Crippen LogP) is 2.47. The maximum Gasteiger partial charge on any atom is 0.265 e. The van der Waals surface area contributed by atoms with E-state index in [2.05, 4.69) is 31.5 Å². The summed E-state index contributed by atoms with van der Waals surface area (Å²) in [6, 6.07) is 11.3. The average molecular weight is 412 g/mol. The molecule has 0 unspecified atom stereocenters. The lowest BCUT2D eigenvalue weighted by atomic mass is 10.2. The minimum atomic E-state index is -3.81. The Labute approximate surface area is 147 Å². The number of carbonyl (C=O) groups excluding carboxylic acids is 1. The Hall–Kier alpha value is -2.10. The van der Waals surface area contributed by atoms with Gasteiger partial charge in [-0.05, 0) is 49.4 Å². The fourth-order valence-corrected chi connectivity index (χ4v) is 3.23. The zero-order valence-electron chi connectivity index (χ0n) is 12.5. The monoisotopic (exact) mass is 411 g/mol. The molecule has 0 aromatic heterocycles. The Bertz CT molecular complexity index is 884. The number of hydrazine groups is 1. The molecule has 0 saturated heterocycles. The van der Waals surface area contributed by atoms with Crippen molar-refractivity contribution in [2.24, 2.45) is 0 Å². The van der Waals surface area contributed by atoms with Gasteiger partial charge in [0.1, 0.15) is 5.75 Å². The molecule has 7 nitrogen and oxygen atoms in total. The molecule has 0 bridgehead atoms. The highest BCUT2D eigenvalue weighted by molar-refractivity contribution is 9.10. The van der Waals surface area contributed by atoms with Crippen molar-refractivity contribution in [3.05, 3.63) is 46.9 Å². The number of ether oxygens (including phenoxy) is 1. The first-order chi connectivity index (χ1) is 11.3. The van der Waals surface area contributed by atoms with Gasteiger partial charge in [-0.1, -0.05) is 15.9 Å². The molecule has 0 spiro atoms. The molecule has 0 fully saturated rings. The number of anilines is 2. The van der Waals surface area contributed by atoms with Crippen molar-refractivity contribution in [2.75, 3.05) is 10.7 Å². The maximum atomic E-state index is 12.4. The molecule has 0 aliphatic carbocycles. The molecule has 9 heteroatoms. The molecular formula is C15H14BrN3O4S. The van der Waals surface area contributed by atoms with Gasteiger partial charge in [0.15, 0.2) is 6.10 Å². The van der Waals surface area contributed by atoms with E-state index < -0.39 is 16.1 Å². The molecule has 1 atom stereocenters. The molecule has 3 rings (SSSR count). The molecule has 2 aromatic rings. The molecule has 1 aliphatic rings. The highest BCUT2D eigenvalue weighted by Gasteiger charge is 2.25. The Balaban J connectivity index is 1.78. The van der Waals surface area contributed by atoms with E-state index in [1.54, 1.807) is 31.2 Å². The number of hydrogen-bond donors (Lipinski definition) is 3. The Kier molecular flexibility index (Phi) is 4.48. The summed E-state index contributed by atoms with van der Waals surface area (Å²) >= 11 is 3.30. The fourth-order valence-electron chi connectivity index (χ4n) is 2.07. The molecule has 126 valence electrons. The number of fused-ring (bicyclic) bond motifs is 1. The van der Waals surface area contributed by atoms with E-state index in [9.17, 15) is 13.2 Å². The van der Waals surface area contributed by atoms with E-state index in [0.29, 0.717) is 17.1 Å². The van der Waals surface area contributed by atoms with Gasteiger partial charge in [-0.3, -0.25) is 4.79 Å². The minimum Gasteiger partial charge on any atom is -0.479 e. The molecule has 1 heterocycles. The van der Waals surface area contributed by atoms with Crippen LogP contribution in [-0.4, -0.2) is 20.4 Å². The van der Waals surface area contributed by atoms with E-state index in [-0.39, 0.29) is 10.8 Å². The summed E-state index contributed by atoms with van der Waals surface area (Å²) in [5.74, 6) is 0.111. The van der Waals surface area contributed by atoms with Gasteiger partial charge in [0.05, 0.1) is 10.6 Å². The van der Waals surface area contributed by atoms with Crippen molar-refractivity contribution in [3.8, 4) is 5.75 Å². The lowest BCUT2D eigenvalue weighted by Gasteiger charge is -2.23. The highest BCUT2D eigenvalue weighted by atomic mass is 79.9. The lowest BCUT2D eigenvalue weighted by molar-refractivity contribution is -0.122. The van der Waals surface area contributed by atoms with Crippen molar-refractivity contribution in [3.63, 3.8) is 0 Å². The molecule has 2 aromatic carbocycles. The second-order valence-electron chi connectivity index (χ2n) is 5.14. The third-order valence-corrected chi connectivity index (χ3v) is 5.14. The molecule has 1 aliphatic heterocycles. The largest absolute Gasteiger partial charge is 0.479 e. The van der Waals surface area contributed by atoms with Crippen LogP contribution in [0.15, 0.2) is 51.8 Å². The normalized spacial score (nSPS) is 16.8. The molecule has 3 N–H and O–H groups in total. The third kappa shape index (κ3) is 3.53. The standard InChI is InChI=1S/C15H14BrN3O4S/c1-9-15(20)17-13-8-12(6-7-14(13)23-9)24(21,22)19-18-11-4-2-10(16)3-5-11/h2-9,18-19H,1H3,(H,17,20)/t9-/m0/s1. The zero-order chi connectivity index (χ0) is 17.3. The molecule has 0 radical (unpaired) electrons. The Morgan fingerprint density at radius 1 is 1.17 bits per heavy atom. The number of sulfonamides is 1. The molecular weight excluding hydrogens is 398 g/mol. The number of benzene rings is 2. The summed E-state index contributed by atoms with van der Waals surface area (Å²) in [6.45, 7) is 1.62. The van der Waals surface area contributed by atoms with E-state index in [4.69, 9.17) is 4.74 Å². The summed E-state index contributed by atoms with van der Waals surface area (Å²) in [6.07, 6.45) is -0.614. The van der Waals surface area contributed by atoms with Gasteiger partial charge in [-0.25, -0.2) is 8.42 Å². The van der Waals surface area contributed by atoms with Crippen LogP contribution in [0.1, 0.15) is 6.92 Å². The van der Waals surface area contributed by atoms with Crippen LogP contribution in [0.25, 0.3) is 0 Å². The van der Waals surface area contributed by atoms with E-state index in [0.717, 1.165) is 4.47 Å². The summed E-state index contributed by atoms with van der Waals surface area (Å²) in [7, 11) is -3.81. The van der Waals surface area contributed by atoms with Gasteiger partial charge < -0.3 is 15.5 Å². The maximum absolute atomic E-state index is 12.4. The van der Waals surface area contributed by atoms with Crippen molar-refractivity contribution >= 4 is 43.2 Å². The molecule has 1 amide bonds. The van der Waals surface area contributed by atoms with Gasteiger partial charge in [0.25, 0.3) is 15.9 Å². The summed E-state index contributed by atoms with van der Waals surface area (Å²) in [5.41, 5.74) is 3.54. The number of nitrogens with one attached hydrogen (secondary N) is 3. The van der Waals surface area contributed by atoms with Crippen LogP contribution in [0.3, 0.4) is 0 Å². The van der Waals surface area contributed by atoms with Gasteiger partial charge >= 0.3 is 0 Å². The Morgan fingerprint density at radius 2 is 1.88 bits per heavy atom. The lowest BCUT2D eigenvalue weighted by Crippen LogP contribution is -2.35. The second-order valence-corrected chi connectivity index (χ2v) is 7.74. The number of amides is 1. The van der Waals surface area contributed by atoms with E-state index in [1.807, 2.05) is 0 Å². The SMILES string of the molecule is C[C@@H]1Oc2ccc(S(=O)(=O)NNc3ccc(Br)cc3)cc2NC1=O. The summed E-state index contributed by atoms with van der Waals surface area (Å²) in [5, 5.41) is 2.62.